The van der Waals surface area contributed by atoms with Gasteiger partial charge in [0.2, 0.25) is 5.91 Å². The van der Waals surface area contributed by atoms with Crippen LogP contribution in [0.1, 0.15) is 30.9 Å². The molecule has 0 spiro atoms. The maximum absolute atomic E-state index is 14.1. The highest BCUT2D eigenvalue weighted by Gasteiger charge is 2.23. The Labute approximate surface area is 197 Å². The third kappa shape index (κ3) is 5.91. The largest absolute Gasteiger partial charge is 0.497 e. The van der Waals surface area contributed by atoms with Crippen LogP contribution in [0.3, 0.4) is 0 Å². The highest BCUT2D eigenvalue weighted by atomic mass is 32.2. The minimum Gasteiger partial charge on any atom is -0.497 e. The number of thioether (sulfide) groups is 1. The van der Waals surface area contributed by atoms with Crippen LogP contribution in [-0.2, 0) is 4.79 Å². The van der Waals surface area contributed by atoms with Crippen LogP contribution in [0, 0.1) is 5.82 Å². The van der Waals surface area contributed by atoms with Gasteiger partial charge in [-0.25, -0.2) is 4.39 Å². The summed E-state index contributed by atoms with van der Waals surface area (Å²) in [7, 11) is 1.65. The summed E-state index contributed by atoms with van der Waals surface area (Å²) in [5.74, 6) is 0.518. The molecular formula is C24H28FN5O2S. The van der Waals surface area contributed by atoms with Crippen molar-refractivity contribution in [3.8, 4) is 11.4 Å². The average Bonchev–Trinajstić information content (AvgIpc) is 3.32. The van der Waals surface area contributed by atoms with Gasteiger partial charge in [-0.05, 0) is 55.8 Å². The molecule has 2 aromatic carbocycles. The molecule has 1 saturated heterocycles. The number of likely N-dealkylation sites (tertiary alicyclic amines) is 1. The molecule has 3 aromatic rings. The number of amides is 1. The molecule has 0 radical (unpaired) electrons. The molecule has 7 nitrogen and oxygen atoms in total. The van der Waals surface area contributed by atoms with E-state index in [1.54, 1.807) is 29.9 Å². The predicted molar refractivity (Wildman–Crippen MR) is 126 cm³/mol. The van der Waals surface area contributed by atoms with Gasteiger partial charge in [0.25, 0.3) is 0 Å². The molecule has 1 aliphatic heterocycles. The number of nitrogens with one attached hydrogen (secondary N) is 1. The highest BCUT2D eigenvalue weighted by Crippen LogP contribution is 2.26. The van der Waals surface area contributed by atoms with Crippen LogP contribution in [-0.4, -0.2) is 58.1 Å². The molecule has 0 aliphatic carbocycles. The van der Waals surface area contributed by atoms with Crippen molar-refractivity contribution in [1.82, 2.24) is 25.0 Å². The number of rotatable bonds is 9. The summed E-state index contributed by atoms with van der Waals surface area (Å²) in [4.78, 5) is 15.1. The number of hydrogen-bond donors (Lipinski definition) is 1. The van der Waals surface area contributed by atoms with E-state index in [1.165, 1.54) is 43.4 Å². The first-order valence-corrected chi connectivity index (χ1v) is 12.1. The molecule has 0 saturated carbocycles. The maximum Gasteiger partial charge on any atom is 0.230 e. The first-order valence-electron chi connectivity index (χ1n) is 11.1. The second-order valence-corrected chi connectivity index (χ2v) is 8.86. The first-order chi connectivity index (χ1) is 16.2. The number of carbonyl (C=O) groups is 1. The van der Waals surface area contributed by atoms with Gasteiger partial charge in [-0.15, -0.1) is 10.2 Å². The number of methoxy groups -OCH3 is 1. The fraction of sp³-hybridized carbons (Fsp3) is 0.375. The zero-order valence-corrected chi connectivity index (χ0v) is 19.4. The van der Waals surface area contributed by atoms with Crippen LogP contribution < -0.4 is 10.1 Å². The monoisotopic (exact) mass is 469 g/mol. The molecule has 0 bridgehead atoms. The van der Waals surface area contributed by atoms with Crippen molar-refractivity contribution >= 4 is 17.7 Å². The van der Waals surface area contributed by atoms with Gasteiger partial charge in [-0.2, -0.15) is 0 Å². The van der Waals surface area contributed by atoms with Gasteiger partial charge in [-0.1, -0.05) is 42.4 Å². The SMILES string of the molecule is COc1ccc(C(CNC(=O)CSc2nncn2-c2ccccc2F)N2CCCCC2)cc1. The topological polar surface area (TPSA) is 72.3 Å². The lowest BCUT2D eigenvalue weighted by Gasteiger charge is -2.35. The Morgan fingerprint density at radius 1 is 1.15 bits per heavy atom. The molecule has 1 unspecified atom stereocenters. The zero-order valence-electron chi connectivity index (χ0n) is 18.6. The fourth-order valence-electron chi connectivity index (χ4n) is 4.04. The molecule has 1 aliphatic rings. The minimum absolute atomic E-state index is 0.0985. The Balaban J connectivity index is 1.38. The molecule has 2 heterocycles. The summed E-state index contributed by atoms with van der Waals surface area (Å²) in [6, 6.07) is 14.6. The van der Waals surface area contributed by atoms with E-state index in [0.717, 1.165) is 24.4 Å². The van der Waals surface area contributed by atoms with Gasteiger partial charge >= 0.3 is 0 Å². The first kappa shape index (κ1) is 23.3. The van der Waals surface area contributed by atoms with Gasteiger partial charge < -0.3 is 10.1 Å². The number of para-hydroxylation sites is 1. The van der Waals surface area contributed by atoms with Crippen LogP contribution in [0.25, 0.3) is 5.69 Å². The zero-order chi connectivity index (χ0) is 23.0. The Morgan fingerprint density at radius 3 is 2.64 bits per heavy atom. The van der Waals surface area contributed by atoms with Crippen molar-refractivity contribution in [2.24, 2.45) is 0 Å². The third-order valence-corrected chi connectivity index (χ3v) is 6.73. The lowest BCUT2D eigenvalue weighted by Crippen LogP contribution is -2.41. The van der Waals surface area contributed by atoms with Crippen molar-refractivity contribution in [2.45, 2.75) is 30.5 Å². The summed E-state index contributed by atoms with van der Waals surface area (Å²) in [5.41, 5.74) is 1.51. The van der Waals surface area contributed by atoms with E-state index in [4.69, 9.17) is 4.74 Å². The molecule has 1 N–H and O–H groups in total. The van der Waals surface area contributed by atoms with E-state index >= 15 is 0 Å². The summed E-state index contributed by atoms with van der Waals surface area (Å²) in [5, 5.41) is 11.5. The Hall–Kier alpha value is -2.91. The second kappa shape index (κ2) is 11.3. The van der Waals surface area contributed by atoms with E-state index in [9.17, 15) is 9.18 Å². The average molecular weight is 470 g/mol. The molecule has 1 aromatic heterocycles. The smallest absolute Gasteiger partial charge is 0.230 e. The van der Waals surface area contributed by atoms with Crippen molar-refractivity contribution < 1.29 is 13.9 Å². The number of piperidine rings is 1. The van der Waals surface area contributed by atoms with Crippen LogP contribution in [0.4, 0.5) is 4.39 Å². The number of carbonyl (C=O) groups excluding carboxylic acids is 1. The van der Waals surface area contributed by atoms with Crippen molar-refractivity contribution in [1.29, 1.82) is 0 Å². The molecule has 4 rings (SSSR count). The maximum atomic E-state index is 14.1. The van der Waals surface area contributed by atoms with Gasteiger partial charge in [-0.3, -0.25) is 14.3 Å². The van der Waals surface area contributed by atoms with E-state index in [1.807, 2.05) is 12.1 Å². The van der Waals surface area contributed by atoms with E-state index in [2.05, 4.69) is 32.5 Å². The normalized spacial score (nSPS) is 15.2. The summed E-state index contributed by atoms with van der Waals surface area (Å²) >= 11 is 1.23. The number of halogens is 1. The summed E-state index contributed by atoms with van der Waals surface area (Å²) in [6.45, 7) is 2.56. The highest BCUT2D eigenvalue weighted by molar-refractivity contribution is 7.99. The second-order valence-electron chi connectivity index (χ2n) is 7.91. The molecule has 1 amide bonds. The quantitative estimate of drug-likeness (QED) is 0.480. The van der Waals surface area contributed by atoms with Crippen LogP contribution >= 0.6 is 11.8 Å². The minimum atomic E-state index is -0.368. The summed E-state index contributed by atoms with van der Waals surface area (Å²) < 4.78 is 21.0. The van der Waals surface area contributed by atoms with Crippen LogP contribution in [0.5, 0.6) is 5.75 Å². The van der Waals surface area contributed by atoms with Crippen molar-refractivity contribution in [2.75, 3.05) is 32.5 Å². The van der Waals surface area contributed by atoms with Crippen molar-refractivity contribution in [3.63, 3.8) is 0 Å². The van der Waals surface area contributed by atoms with Crippen LogP contribution in [0.15, 0.2) is 60.0 Å². The predicted octanol–water partition coefficient (Wildman–Crippen LogP) is 3.85. The number of nitrogens with zero attached hydrogens (tertiary/aromatic N) is 4. The van der Waals surface area contributed by atoms with Gasteiger partial charge in [0.1, 0.15) is 17.9 Å². The lowest BCUT2D eigenvalue weighted by atomic mass is 10.0. The Morgan fingerprint density at radius 2 is 1.91 bits per heavy atom. The number of ether oxygens (including phenoxy) is 1. The Bertz CT molecular complexity index is 1050. The van der Waals surface area contributed by atoms with E-state index in [0.29, 0.717) is 17.4 Å². The molecule has 174 valence electrons. The summed E-state index contributed by atoms with van der Waals surface area (Å²) in [6.07, 6.45) is 5.04. The molecule has 1 atom stereocenters. The van der Waals surface area contributed by atoms with Crippen LogP contribution in [0.2, 0.25) is 0 Å². The number of hydrogen-bond acceptors (Lipinski definition) is 6. The number of aromatic nitrogens is 3. The Kier molecular flexibility index (Phi) is 7.96. The van der Waals surface area contributed by atoms with E-state index < -0.39 is 0 Å². The molecule has 9 heteroatoms. The van der Waals surface area contributed by atoms with E-state index in [-0.39, 0.29) is 23.5 Å². The van der Waals surface area contributed by atoms with Crippen molar-refractivity contribution in [3.05, 3.63) is 66.2 Å². The standard InChI is InChI=1S/C24H28FN5O2S/c1-32-19-11-9-18(10-12-19)22(29-13-5-2-6-14-29)15-26-23(31)16-33-24-28-27-17-30(24)21-8-4-3-7-20(21)25/h3-4,7-12,17,22H,2,5-6,13-16H2,1H3,(H,26,31). The van der Waals surface area contributed by atoms with Gasteiger partial charge in [0.15, 0.2) is 5.16 Å². The molecular weight excluding hydrogens is 441 g/mol. The number of benzene rings is 2. The fourth-order valence-corrected chi connectivity index (χ4v) is 4.79. The third-order valence-electron chi connectivity index (χ3n) is 5.79. The van der Waals surface area contributed by atoms with Gasteiger partial charge in [0, 0.05) is 6.54 Å². The van der Waals surface area contributed by atoms with Gasteiger partial charge in [0.05, 0.1) is 24.6 Å². The molecule has 33 heavy (non-hydrogen) atoms. The molecule has 1 fully saturated rings. The lowest BCUT2D eigenvalue weighted by molar-refractivity contribution is -0.118.